The molecule has 0 radical (unpaired) electrons. The van der Waals surface area contributed by atoms with Gasteiger partial charge in [0.05, 0.1) is 15.4 Å². The van der Waals surface area contributed by atoms with Gasteiger partial charge < -0.3 is 5.32 Å². The highest BCUT2D eigenvalue weighted by atomic mass is 79.9. The first kappa shape index (κ1) is 14.4. The molecule has 1 unspecified atom stereocenters. The van der Waals surface area contributed by atoms with Crippen molar-refractivity contribution in [3.63, 3.8) is 0 Å². The lowest BCUT2D eigenvalue weighted by molar-refractivity contribution is 0.703. The van der Waals surface area contributed by atoms with E-state index in [4.69, 9.17) is 23.2 Å². The number of halogens is 3. The predicted molar refractivity (Wildman–Crippen MR) is 84.1 cm³/mol. The zero-order valence-corrected chi connectivity index (χ0v) is 13.8. The second-order valence-corrected chi connectivity index (χ2v) is 6.95. The molecule has 1 N–H and O–H groups in total. The maximum absolute atomic E-state index is 6.13. The smallest absolute Gasteiger partial charge is 0.0961 e. The Morgan fingerprint density at radius 2 is 2.00 bits per heavy atom. The van der Waals surface area contributed by atoms with Crippen LogP contribution in [0.4, 0.5) is 0 Å². The molecule has 0 bridgehead atoms. The molecule has 1 heterocycles. The van der Waals surface area contributed by atoms with E-state index < -0.39 is 0 Å². The summed E-state index contributed by atoms with van der Waals surface area (Å²) in [6.07, 6.45) is 0. The van der Waals surface area contributed by atoms with E-state index in [0.717, 1.165) is 19.9 Å². The van der Waals surface area contributed by atoms with Crippen molar-refractivity contribution in [2.24, 2.45) is 0 Å². The molecule has 0 aliphatic rings. The van der Waals surface area contributed by atoms with Gasteiger partial charge in [0.15, 0.2) is 0 Å². The lowest BCUT2D eigenvalue weighted by Crippen LogP contribution is -2.16. The van der Waals surface area contributed by atoms with E-state index >= 15 is 0 Å². The minimum absolute atomic E-state index is 0.134. The molecule has 1 aromatic carbocycles. The van der Waals surface area contributed by atoms with Crippen molar-refractivity contribution >= 4 is 50.5 Å². The summed E-state index contributed by atoms with van der Waals surface area (Å²) in [5.74, 6) is 0. The molecule has 0 aliphatic heterocycles. The van der Waals surface area contributed by atoms with Crippen molar-refractivity contribution in [3.05, 3.63) is 54.1 Å². The Kier molecular flexibility index (Phi) is 4.73. The zero-order valence-electron chi connectivity index (χ0n) is 9.93. The van der Waals surface area contributed by atoms with Crippen LogP contribution in [-0.4, -0.2) is 7.05 Å². The minimum atomic E-state index is 0.134. The first-order valence-corrected chi connectivity index (χ1v) is 7.77. The number of aryl methyl sites for hydroxylation is 1. The SMILES string of the molecule is CNC(c1ccc(Cl)c(Br)c1)c1cc(C)c(Cl)s1. The summed E-state index contributed by atoms with van der Waals surface area (Å²) in [6.45, 7) is 2.02. The van der Waals surface area contributed by atoms with Gasteiger partial charge in [-0.25, -0.2) is 0 Å². The van der Waals surface area contributed by atoms with Crippen LogP contribution in [0.25, 0.3) is 0 Å². The Labute approximate surface area is 129 Å². The highest BCUT2D eigenvalue weighted by Crippen LogP contribution is 2.35. The fourth-order valence-corrected chi connectivity index (χ4v) is 3.66. The third-order valence-corrected chi connectivity index (χ3v) is 5.56. The second-order valence-electron chi connectivity index (χ2n) is 4.00. The third-order valence-electron chi connectivity index (χ3n) is 2.73. The van der Waals surface area contributed by atoms with Crippen LogP contribution in [0.5, 0.6) is 0 Å². The molecular formula is C13H12BrCl2NS. The van der Waals surface area contributed by atoms with Gasteiger partial charge in [-0.2, -0.15) is 0 Å². The van der Waals surface area contributed by atoms with Gasteiger partial charge in [-0.1, -0.05) is 29.3 Å². The van der Waals surface area contributed by atoms with E-state index in [1.807, 2.05) is 32.2 Å². The van der Waals surface area contributed by atoms with Crippen LogP contribution in [-0.2, 0) is 0 Å². The lowest BCUT2D eigenvalue weighted by atomic mass is 10.1. The van der Waals surface area contributed by atoms with Crippen molar-refractivity contribution in [1.29, 1.82) is 0 Å². The molecule has 5 heteroatoms. The lowest BCUT2D eigenvalue weighted by Gasteiger charge is -2.15. The average molecular weight is 365 g/mol. The topological polar surface area (TPSA) is 12.0 Å². The summed E-state index contributed by atoms with van der Waals surface area (Å²) in [7, 11) is 1.94. The summed E-state index contributed by atoms with van der Waals surface area (Å²) >= 11 is 17.2. The molecule has 0 saturated heterocycles. The second kappa shape index (κ2) is 5.93. The molecule has 1 atom stereocenters. The van der Waals surface area contributed by atoms with E-state index in [2.05, 4.69) is 27.3 Å². The number of hydrogen-bond acceptors (Lipinski definition) is 2. The highest BCUT2D eigenvalue weighted by Gasteiger charge is 2.16. The Morgan fingerprint density at radius 3 is 2.50 bits per heavy atom. The molecule has 2 rings (SSSR count). The van der Waals surface area contributed by atoms with E-state index in [0.29, 0.717) is 5.02 Å². The molecule has 1 nitrogen and oxygen atoms in total. The molecule has 0 spiro atoms. The first-order chi connectivity index (χ1) is 8.52. The molecular weight excluding hydrogens is 353 g/mol. The summed E-state index contributed by atoms with van der Waals surface area (Å²) in [6, 6.07) is 8.21. The van der Waals surface area contributed by atoms with Crippen LogP contribution in [0.1, 0.15) is 22.0 Å². The molecule has 0 saturated carbocycles. The first-order valence-electron chi connectivity index (χ1n) is 5.41. The number of thiophene rings is 1. The molecule has 96 valence electrons. The van der Waals surface area contributed by atoms with E-state index in [-0.39, 0.29) is 6.04 Å². The van der Waals surface area contributed by atoms with Crippen LogP contribution in [0.2, 0.25) is 9.36 Å². The normalized spacial score (nSPS) is 12.7. The van der Waals surface area contributed by atoms with Gasteiger partial charge in [0.25, 0.3) is 0 Å². The van der Waals surface area contributed by atoms with Gasteiger partial charge in [0.1, 0.15) is 0 Å². The minimum Gasteiger partial charge on any atom is -0.309 e. The van der Waals surface area contributed by atoms with Crippen LogP contribution in [0.15, 0.2) is 28.7 Å². The van der Waals surface area contributed by atoms with Gasteiger partial charge in [-0.05, 0) is 59.2 Å². The quantitative estimate of drug-likeness (QED) is 0.765. The van der Waals surface area contributed by atoms with Crippen LogP contribution >= 0.6 is 50.5 Å². The molecule has 0 aliphatic carbocycles. The fourth-order valence-electron chi connectivity index (χ4n) is 1.79. The van der Waals surface area contributed by atoms with E-state index in [9.17, 15) is 0 Å². The fraction of sp³-hybridized carbons (Fsp3) is 0.231. The van der Waals surface area contributed by atoms with Crippen LogP contribution in [0.3, 0.4) is 0 Å². The molecule has 0 amide bonds. The van der Waals surface area contributed by atoms with Crippen molar-refractivity contribution in [2.45, 2.75) is 13.0 Å². The van der Waals surface area contributed by atoms with Crippen molar-refractivity contribution < 1.29 is 0 Å². The van der Waals surface area contributed by atoms with Crippen LogP contribution in [0, 0.1) is 6.92 Å². The Balaban J connectivity index is 2.41. The van der Waals surface area contributed by atoms with Crippen LogP contribution < -0.4 is 5.32 Å². The summed E-state index contributed by atoms with van der Waals surface area (Å²) in [4.78, 5) is 1.20. The summed E-state index contributed by atoms with van der Waals surface area (Å²) in [5.41, 5.74) is 2.27. The predicted octanol–water partition coefficient (Wildman–Crippen LogP) is 5.43. The van der Waals surface area contributed by atoms with E-state index in [1.165, 1.54) is 4.88 Å². The Hall–Kier alpha value is -0.0600. The zero-order chi connectivity index (χ0) is 13.3. The number of benzene rings is 1. The van der Waals surface area contributed by atoms with Gasteiger partial charge in [-0.15, -0.1) is 11.3 Å². The average Bonchev–Trinajstić information content (AvgIpc) is 2.65. The van der Waals surface area contributed by atoms with Gasteiger partial charge in [0.2, 0.25) is 0 Å². The molecule has 0 fully saturated rings. The van der Waals surface area contributed by atoms with Crippen molar-refractivity contribution in [2.75, 3.05) is 7.05 Å². The largest absolute Gasteiger partial charge is 0.309 e. The van der Waals surface area contributed by atoms with Crippen molar-refractivity contribution in [3.8, 4) is 0 Å². The maximum Gasteiger partial charge on any atom is 0.0961 e. The van der Waals surface area contributed by atoms with E-state index in [1.54, 1.807) is 11.3 Å². The van der Waals surface area contributed by atoms with Crippen molar-refractivity contribution in [1.82, 2.24) is 5.32 Å². The number of hydrogen-bond donors (Lipinski definition) is 1. The third kappa shape index (κ3) is 2.91. The number of rotatable bonds is 3. The molecule has 18 heavy (non-hydrogen) atoms. The number of nitrogens with one attached hydrogen (secondary N) is 1. The summed E-state index contributed by atoms with van der Waals surface area (Å²) < 4.78 is 1.75. The molecule has 1 aromatic heterocycles. The Morgan fingerprint density at radius 1 is 1.28 bits per heavy atom. The summed E-state index contributed by atoms with van der Waals surface area (Å²) in [5, 5.41) is 4.03. The molecule has 2 aromatic rings. The maximum atomic E-state index is 6.13. The monoisotopic (exact) mass is 363 g/mol. The standard InChI is InChI=1S/C13H12BrCl2NS/c1-7-5-11(18-13(7)16)12(17-2)8-3-4-10(15)9(14)6-8/h3-6,12,17H,1-2H3. The highest BCUT2D eigenvalue weighted by molar-refractivity contribution is 9.10. The van der Waals surface area contributed by atoms with Gasteiger partial charge >= 0.3 is 0 Å². The van der Waals surface area contributed by atoms with Gasteiger partial charge in [-0.3, -0.25) is 0 Å². The Bertz CT molecular complexity index is 549. The van der Waals surface area contributed by atoms with Gasteiger partial charge in [0, 0.05) is 9.35 Å².